The molecule has 0 radical (unpaired) electrons. The first-order valence-corrected chi connectivity index (χ1v) is 8.52. The molecule has 1 N–H and O–H groups in total. The SMILES string of the molecule is O=C(Nc1cc2ccccc2cn1)C1(c2ccc3c(c2)OC(F)(F)O3)CC1.[Cl-]. The Morgan fingerprint density at radius 2 is 1.71 bits per heavy atom. The largest absolute Gasteiger partial charge is 1.00 e. The molecule has 1 aliphatic carbocycles. The predicted octanol–water partition coefficient (Wildman–Crippen LogP) is 1.23. The van der Waals surface area contributed by atoms with Crippen molar-refractivity contribution in [2.24, 2.45) is 0 Å². The van der Waals surface area contributed by atoms with E-state index in [1.165, 1.54) is 12.1 Å². The molecule has 1 saturated carbocycles. The van der Waals surface area contributed by atoms with Crippen LogP contribution >= 0.6 is 0 Å². The van der Waals surface area contributed by atoms with Crippen LogP contribution < -0.4 is 27.2 Å². The van der Waals surface area contributed by atoms with E-state index >= 15 is 0 Å². The Kier molecular flexibility index (Phi) is 4.15. The predicted molar refractivity (Wildman–Crippen MR) is 93.9 cm³/mol. The zero-order valence-corrected chi connectivity index (χ0v) is 15.2. The second-order valence-corrected chi connectivity index (χ2v) is 6.78. The molecule has 3 aromatic rings. The highest BCUT2D eigenvalue weighted by molar-refractivity contribution is 6.01. The standard InChI is InChI=1S/C20H14F2N2O3.ClH/c21-20(22)26-15-6-5-14(10-16(15)27-20)19(7-8-19)18(25)24-17-9-12-3-1-2-4-13(12)11-23-17;/h1-6,9-11H,7-8H2,(H,23,24,25);1H/p-1. The highest BCUT2D eigenvalue weighted by atomic mass is 35.5. The summed E-state index contributed by atoms with van der Waals surface area (Å²) in [6.45, 7) is 0. The van der Waals surface area contributed by atoms with Crippen molar-refractivity contribution in [1.29, 1.82) is 0 Å². The van der Waals surface area contributed by atoms with Crippen LogP contribution in [-0.2, 0) is 10.2 Å². The molecule has 1 aromatic heterocycles. The van der Waals surface area contributed by atoms with Gasteiger partial charge < -0.3 is 27.2 Å². The first-order chi connectivity index (χ1) is 13.0. The fourth-order valence-corrected chi connectivity index (χ4v) is 3.41. The molecule has 1 aliphatic heterocycles. The molecule has 0 spiro atoms. The number of amides is 1. The number of nitrogens with zero attached hydrogens (tertiary/aromatic N) is 1. The molecule has 28 heavy (non-hydrogen) atoms. The Morgan fingerprint density at radius 1 is 1.00 bits per heavy atom. The summed E-state index contributed by atoms with van der Waals surface area (Å²) >= 11 is 0. The number of pyridine rings is 1. The fourth-order valence-electron chi connectivity index (χ4n) is 3.41. The number of anilines is 1. The summed E-state index contributed by atoms with van der Waals surface area (Å²) in [4.78, 5) is 17.2. The smallest absolute Gasteiger partial charge is 0.586 e. The maximum absolute atomic E-state index is 13.2. The highest BCUT2D eigenvalue weighted by Crippen LogP contribution is 2.52. The van der Waals surface area contributed by atoms with Gasteiger partial charge in [-0.3, -0.25) is 4.79 Å². The van der Waals surface area contributed by atoms with E-state index in [0.717, 1.165) is 10.8 Å². The number of hydrogen-bond donors (Lipinski definition) is 1. The van der Waals surface area contributed by atoms with E-state index < -0.39 is 11.7 Å². The third-order valence-electron chi connectivity index (χ3n) is 5.01. The molecule has 144 valence electrons. The number of carbonyl (C=O) groups is 1. The summed E-state index contributed by atoms with van der Waals surface area (Å²) in [6, 6.07) is 14.0. The van der Waals surface area contributed by atoms with Gasteiger partial charge in [0.2, 0.25) is 5.91 Å². The number of halogens is 3. The zero-order chi connectivity index (χ0) is 18.6. The van der Waals surface area contributed by atoms with Gasteiger partial charge in [-0.2, -0.15) is 0 Å². The summed E-state index contributed by atoms with van der Waals surface area (Å²) in [5, 5.41) is 4.80. The quantitative estimate of drug-likeness (QED) is 0.714. The minimum Gasteiger partial charge on any atom is -1.00 e. The van der Waals surface area contributed by atoms with Gasteiger partial charge in [0.05, 0.1) is 5.41 Å². The molecule has 5 rings (SSSR count). The Hall–Kier alpha value is -2.93. The Labute approximate surface area is 165 Å². The van der Waals surface area contributed by atoms with Crippen LogP contribution in [0.15, 0.2) is 54.7 Å². The number of fused-ring (bicyclic) bond motifs is 2. The molecule has 8 heteroatoms. The van der Waals surface area contributed by atoms with E-state index in [9.17, 15) is 13.6 Å². The fraction of sp³-hybridized carbons (Fsp3) is 0.200. The molecule has 1 amide bonds. The van der Waals surface area contributed by atoms with E-state index in [-0.39, 0.29) is 29.8 Å². The number of carbonyl (C=O) groups excluding carboxylic acids is 1. The number of benzene rings is 2. The van der Waals surface area contributed by atoms with Crippen molar-refractivity contribution in [3.05, 3.63) is 60.3 Å². The number of aromatic nitrogens is 1. The molecule has 0 atom stereocenters. The van der Waals surface area contributed by atoms with E-state index in [1.807, 2.05) is 30.3 Å². The van der Waals surface area contributed by atoms with E-state index in [2.05, 4.69) is 19.8 Å². The van der Waals surface area contributed by atoms with Gasteiger partial charge in [0.25, 0.3) is 0 Å². The number of ether oxygens (including phenoxy) is 2. The molecule has 2 aromatic carbocycles. The number of nitrogens with one attached hydrogen (secondary N) is 1. The maximum Gasteiger partial charge on any atom is 0.586 e. The number of hydrogen-bond acceptors (Lipinski definition) is 4. The Bertz CT molecular complexity index is 1090. The van der Waals surface area contributed by atoms with Gasteiger partial charge in [0, 0.05) is 11.6 Å². The van der Waals surface area contributed by atoms with Crippen LogP contribution in [-0.4, -0.2) is 17.2 Å². The highest BCUT2D eigenvalue weighted by Gasteiger charge is 2.52. The topological polar surface area (TPSA) is 60.5 Å². The number of rotatable bonds is 3. The minimum absolute atomic E-state index is 0. The van der Waals surface area contributed by atoms with E-state index in [4.69, 9.17) is 0 Å². The van der Waals surface area contributed by atoms with Gasteiger partial charge in [-0.05, 0) is 42.0 Å². The second kappa shape index (κ2) is 6.31. The average Bonchev–Trinajstić information content (AvgIpc) is 3.39. The molecule has 2 aliphatic rings. The van der Waals surface area contributed by atoms with Crippen LogP contribution in [0.3, 0.4) is 0 Å². The lowest BCUT2D eigenvalue weighted by molar-refractivity contribution is -0.286. The first kappa shape index (κ1) is 18.4. The lowest BCUT2D eigenvalue weighted by Crippen LogP contribution is -3.00. The van der Waals surface area contributed by atoms with Crippen molar-refractivity contribution >= 4 is 22.5 Å². The summed E-state index contributed by atoms with van der Waals surface area (Å²) < 4.78 is 35.4. The van der Waals surface area contributed by atoms with Gasteiger partial charge in [0.15, 0.2) is 11.5 Å². The van der Waals surface area contributed by atoms with E-state index in [0.29, 0.717) is 24.2 Å². The van der Waals surface area contributed by atoms with Crippen molar-refractivity contribution < 1.29 is 35.5 Å². The number of alkyl halides is 2. The molecule has 0 saturated heterocycles. The van der Waals surface area contributed by atoms with Crippen LogP contribution in [0.2, 0.25) is 0 Å². The molecule has 5 nitrogen and oxygen atoms in total. The van der Waals surface area contributed by atoms with E-state index in [1.54, 1.807) is 12.3 Å². The van der Waals surface area contributed by atoms with Gasteiger partial charge in [-0.15, -0.1) is 8.78 Å². The van der Waals surface area contributed by atoms with Crippen molar-refractivity contribution in [1.82, 2.24) is 4.98 Å². The molecule has 2 heterocycles. The molecule has 0 bridgehead atoms. The van der Waals surface area contributed by atoms with Crippen molar-refractivity contribution in [3.8, 4) is 11.5 Å². The lowest BCUT2D eigenvalue weighted by Gasteiger charge is -2.16. The summed E-state index contributed by atoms with van der Waals surface area (Å²) in [5.74, 6) is 0.157. The van der Waals surface area contributed by atoms with Gasteiger partial charge in [0.1, 0.15) is 5.82 Å². The third-order valence-corrected chi connectivity index (χ3v) is 5.01. The van der Waals surface area contributed by atoms with Crippen molar-refractivity contribution in [2.75, 3.05) is 5.32 Å². The Balaban J connectivity index is 0.00000192. The van der Waals surface area contributed by atoms with Crippen LogP contribution in [0.1, 0.15) is 18.4 Å². The maximum atomic E-state index is 13.2. The van der Waals surface area contributed by atoms with Crippen LogP contribution in [0.5, 0.6) is 11.5 Å². The molecule has 1 fully saturated rings. The summed E-state index contributed by atoms with van der Waals surface area (Å²) in [7, 11) is 0. The van der Waals surface area contributed by atoms with Crippen LogP contribution in [0.4, 0.5) is 14.6 Å². The molecule has 0 unspecified atom stereocenters. The zero-order valence-electron chi connectivity index (χ0n) is 14.4. The van der Waals surface area contributed by atoms with Gasteiger partial charge in [-0.1, -0.05) is 30.3 Å². The normalized spacial score (nSPS) is 17.6. The van der Waals surface area contributed by atoms with Crippen LogP contribution in [0, 0.1) is 0 Å². The second-order valence-electron chi connectivity index (χ2n) is 6.78. The van der Waals surface area contributed by atoms with Gasteiger partial charge in [-0.25, -0.2) is 4.98 Å². The summed E-state index contributed by atoms with van der Waals surface area (Å²) in [5.41, 5.74) is -0.135. The molecular formula is C20H14ClF2N2O3-. The van der Waals surface area contributed by atoms with Crippen LogP contribution in [0.25, 0.3) is 10.8 Å². The lowest BCUT2D eigenvalue weighted by atomic mass is 9.94. The van der Waals surface area contributed by atoms with Gasteiger partial charge >= 0.3 is 6.29 Å². The van der Waals surface area contributed by atoms with Crippen molar-refractivity contribution in [2.45, 2.75) is 24.6 Å². The summed E-state index contributed by atoms with van der Waals surface area (Å²) in [6.07, 6.45) is -0.715. The average molecular weight is 404 g/mol. The third kappa shape index (κ3) is 3.01. The van der Waals surface area contributed by atoms with Crippen molar-refractivity contribution in [3.63, 3.8) is 0 Å². The molecular weight excluding hydrogens is 390 g/mol. The first-order valence-electron chi connectivity index (χ1n) is 8.52. The minimum atomic E-state index is -3.67. The Morgan fingerprint density at radius 3 is 2.46 bits per heavy atom. The monoisotopic (exact) mass is 403 g/mol.